The van der Waals surface area contributed by atoms with Gasteiger partial charge in [-0.15, -0.1) is 0 Å². The number of rotatable bonds is 9. The Balaban J connectivity index is 1.49. The lowest BCUT2D eigenvalue weighted by atomic mass is 9.96. The van der Waals surface area contributed by atoms with Gasteiger partial charge in [-0.25, -0.2) is 0 Å². The first-order valence-corrected chi connectivity index (χ1v) is 14.1. The molecule has 3 heterocycles. The summed E-state index contributed by atoms with van der Waals surface area (Å²) >= 11 is 0. The molecule has 0 amide bonds. The highest BCUT2D eigenvalue weighted by Crippen LogP contribution is 2.39. The summed E-state index contributed by atoms with van der Waals surface area (Å²) in [5.41, 5.74) is 4.26. The Kier molecular flexibility index (Phi) is 7.96. The van der Waals surface area contributed by atoms with Crippen molar-refractivity contribution in [3.63, 3.8) is 0 Å². The molecule has 2 fully saturated rings. The second kappa shape index (κ2) is 11.4. The molecule has 2 aromatic carbocycles. The van der Waals surface area contributed by atoms with E-state index in [1.54, 1.807) is 18.8 Å². The van der Waals surface area contributed by atoms with Gasteiger partial charge in [-0.1, -0.05) is 13.8 Å². The van der Waals surface area contributed by atoms with Crippen molar-refractivity contribution in [2.45, 2.75) is 45.7 Å². The van der Waals surface area contributed by atoms with Gasteiger partial charge in [0.15, 0.2) is 0 Å². The van der Waals surface area contributed by atoms with Crippen LogP contribution in [0.4, 0.5) is 5.69 Å². The van der Waals surface area contributed by atoms with Gasteiger partial charge < -0.3 is 23.8 Å². The van der Waals surface area contributed by atoms with E-state index in [1.807, 2.05) is 19.3 Å². The van der Waals surface area contributed by atoms with Crippen LogP contribution in [0, 0.1) is 0 Å². The minimum Gasteiger partial charge on any atom is -0.496 e. The van der Waals surface area contributed by atoms with Gasteiger partial charge in [0.05, 0.1) is 19.8 Å². The molecule has 0 radical (unpaired) electrons. The first kappa shape index (κ1) is 26.6. The number of pyridine rings is 1. The van der Waals surface area contributed by atoms with Crippen LogP contribution in [0.25, 0.3) is 21.9 Å². The average Bonchev–Trinajstić information content (AvgIpc) is 2.91. The predicted molar refractivity (Wildman–Crippen MR) is 156 cm³/mol. The van der Waals surface area contributed by atoms with Gasteiger partial charge in [0.2, 0.25) is 0 Å². The van der Waals surface area contributed by atoms with Crippen LogP contribution in [-0.2, 0) is 13.6 Å². The van der Waals surface area contributed by atoms with E-state index in [4.69, 9.17) is 9.47 Å². The van der Waals surface area contributed by atoms with E-state index in [1.165, 1.54) is 24.9 Å². The number of ether oxygens (including phenoxy) is 2. The van der Waals surface area contributed by atoms with Crippen LogP contribution in [0.15, 0.2) is 41.3 Å². The van der Waals surface area contributed by atoms with Crippen molar-refractivity contribution >= 4 is 16.5 Å². The number of nitrogens with zero attached hydrogens (tertiary/aromatic N) is 4. The van der Waals surface area contributed by atoms with E-state index in [0.717, 1.165) is 84.8 Å². The molecule has 0 unspecified atom stereocenters. The standard InChI is InChI=1S/C31H42N4O3/c1-6-34(7-2)23-11-15-33(16-12-23)21-28-29(37-4)17-22(18-30(28)38-5)27-20-32(3)31(36)25-10-9-24(19-26(25)27)35-13-8-14-35/h9-10,17-20,23H,6-8,11-16,21H2,1-5H3. The lowest BCUT2D eigenvalue weighted by molar-refractivity contribution is 0.111. The van der Waals surface area contributed by atoms with E-state index in [0.29, 0.717) is 6.04 Å². The Morgan fingerprint density at radius 1 is 0.921 bits per heavy atom. The summed E-state index contributed by atoms with van der Waals surface area (Å²) in [5.74, 6) is 1.65. The fourth-order valence-corrected chi connectivity index (χ4v) is 6.16. The molecule has 38 heavy (non-hydrogen) atoms. The van der Waals surface area contributed by atoms with E-state index in [9.17, 15) is 4.79 Å². The normalized spacial score (nSPS) is 16.7. The first-order chi connectivity index (χ1) is 18.5. The Bertz CT molecular complexity index is 1310. The molecular weight excluding hydrogens is 476 g/mol. The number of anilines is 1. The average molecular weight is 519 g/mol. The molecule has 0 bridgehead atoms. The molecule has 0 spiro atoms. The third-order valence-corrected chi connectivity index (χ3v) is 8.57. The summed E-state index contributed by atoms with van der Waals surface area (Å²) < 4.78 is 13.6. The van der Waals surface area contributed by atoms with Crippen molar-refractivity contribution in [2.24, 2.45) is 7.05 Å². The number of aryl methyl sites for hydroxylation is 1. The number of methoxy groups -OCH3 is 2. The zero-order valence-electron chi connectivity index (χ0n) is 23.6. The van der Waals surface area contributed by atoms with Crippen LogP contribution in [0.2, 0.25) is 0 Å². The molecule has 0 atom stereocenters. The number of benzene rings is 2. The Morgan fingerprint density at radius 2 is 1.58 bits per heavy atom. The summed E-state index contributed by atoms with van der Waals surface area (Å²) in [4.78, 5) is 20.4. The molecule has 0 saturated carbocycles. The highest BCUT2D eigenvalue weighted by atomic mass is 16.5. The van der Waals surface area contributed by atoms with Gasteiger partial charge in [0.25, 0.3) is 5.56 Å². The highest BCUT2D eigenvalue weighted by Gasteiger charge is 2.25. The second-order valence-corrected chi connectivity index (χ2v) is 10.6. The Morgan fingerprint density at radius 3 is 2.13 bits per heavy atom. The first-order valence-electron chi connectivity index (χ1n) is 14.1. The third kappa shape index (κ3) is 5.02. The molecule has 1 aromatic heterocycles. The van der Waals surface area contributed by atoms with Crippen LogP contribution in [0.1, 0.15) is 38.7 Å². The number of piperidine rings is 1. The fourth-order valence-electron chi connectivity index (χ4n) is 6.16. The monoisotopic (exact) mass is 518 g/mol. The number of hydrogen-bond donors (Lipinski definition) is 0. The number of aromatic nitrogens is 1. The molecule has 5 rings (SSSR count). The molecule has 2 aliphatic rings. The van der Waals surface area contributed by atoms with Gasteiger partial charge in [0, 0.05) is 55.6 Å². The zero-order chi connectivity index (χ0) is 26.8. The van der Waals surface area contributed by atoms with E-state index < -0.39 is 0 Å². The molecule has 2 saturated heterocycles. The van der Waals surface area contributed by atoms with Gasteiger partial charge >= 0.3 is 0 Å². The van der Waals surface area contributed by atoms with Crippen LogP contribution in [0.3, 0.4) is 0 Å². The minimum absolute atomic E-state index is 0.0163. The summed E-state index contributed by atoms with van der Waals surface area (Å²) in [6.07, 6.45) is 5.53. The van der Waals surface area contributed by atoms with Crippen LogP contribution in [-0.4, -0.2) is 73.9 Å². The Labute approximate surface area is 226 Å². The SMILES string of the molecule is CCN(CC)C1CCN(Cc2c(OC)cc(-c3cn(C)c(=O)c4ccc(N5CCC5)cc34)cc2OC)CC1. The lowest BCUT2D eigenvalue weighted by Gasteiger charge is -2.38. The van der Waals surface area contributed by atoms with Crippen molar-refractivity contribution in [1.29, 1.82) is 0 Å². The minimum atomic E-state index is 0.0163. The zero-order valence-corrected chi connectivity index (χ0v) is 23.6. The van der Waals surface area contributed by atoms with Gasteiger partial charge in [-0.2, -0.15) is 0 Å². The molecule has 0 aliphatic carbocycles. The second-order valence-electron chi connectivity index (χ2n) is 10.6. The molecule has 7 nitrogen and oxygen atoms in total. The molecule has 7 heteroatoms. The van der Waals surface area contributed by atoms with E-state index >= 15 is 0 Å². The van der Waals surface area contributed by atoms with Crippen molar-refractivity contribution < 1.29 is 9.47 Å². The van der Waals surface area contributed by atoms with Crippen molar-refractivity contribution in [3.8, 4) is 22.6 Å². The van der Waals surface area contributed by atoms with Crippen LogP contribution in [0.5, 0.6) is 11.5 Å². The van der Waals surface area contributed by atoms with Crippen molar-refractivity contribution in [3.05, 3.63) is 52.4 Å². The number of hydrogen-bond acceptors (Lipinski definition) is 6. The molecule has 2 aliphatic heterocycles. The summed E-state index contributed by atoms with van der Waals surface area (Å²) in [6.45, 7) is 11.8. The lowest BCUT2D eigenvalue weighted by Crippen LogP contribution is -2.44. The van der Waals surface area contributed by atoms with Crippen LogP contribution < -0.4 is 19.9 Å². The topological polar surface area (TPSA) is 50.2 Å². The molecule has 204 valence electrons. The van der Waals surface area contributed by atoms with Crippen molar-refractivity contribution in [2.75, 3.05) is 58.4 Å². The predicted octanol–water partition coefficient (Wildman–Crippen LogP) is 4.74. The summed E-state index contributed by atoms with van der Waals surface area (Å²) in [5, 5.41) is 1.69. The summed E-state index contributed by atoms with van der Waals surface area (Å²) in [6, 6.07) is 11.1. The van der Waals surface area contributed by atoms with Crippen molar-refractivity contribution in [1.82, 2.24) is 14.4 Å². The van der Waals surface area contributed by atoms with Crippen LogP contribution >= 0.6 is 0 Å². The smallest absolute Gasteiger partial charge is 0.258 e. The molecule has 0 N–H and O–H groups in total. The Hall–Kier alpha value is -3.03. The number of likely N-dealkylation sites (tertiary alicyclic amines) is 1. The van der Waals surface area contributed by atoms with Gasteiger partial charge in [-0.3, -0.25) is 9.69 Å². The van der Waals surface area contributed by atoms with E-state index in [2.05, 4.69) is 52.8 Å². The highest BCUT2D eigenvalue weighted by molar-refractivity contribution is 5.98. The molecular formula is C31H42N4O3. The maximum atomic E-state index is 13.0. The maximum absolute atomic E-state index is 13.0. The largest absolute Gasteiger partial charge is 0.496 e. The third-order valence-electron chi connectivity index (χ3n) is 8.57. The maximum Gasteiger partial charge on any atom is 0.258 e. The number of fused-ring (bicyclic) bond motifs is 1. The summed E-state index contributed by atoms with van der Waals surface area (Å²) in [7, 11) is 5.28. The molecule has 3 aromatic rings. The quantitative estimate of drug-likeness (QED) is 0.408. The van der Waals surface area contributed by atoms with E-state index in [-0.39, 0.29) is 5.56 Å². The van der Waals surface area contributed by atoms with Gasteiger partial charge in [-0.05, 0) is 86.7 Å². The fraction of sp³-hybridized carbons (Fsp3) is 0.516. The van der Waals surface area contributed by atoms with Gasteiger partial charge in [0.1, 0.15) is 11.5 Å².